The van der Waals surface area contributed by atoms with Gasteiger partial charge in [0.05, 0.1) is 22.9 Å². The largest absolute Gasteiger partial charge is 0.372 e. The van der Waals surface area contributed by atoms with Crippen molar-refractivity contribution in [2.75, 3.05) is 31.1 Å². The summed E-state index contributed by atoms with van der Waals surface area (Å²) in [6, 6.07) is 6.17. The van der Waals surface area contributed by atoms with E-state index in [1.807, 2.05) is 12.1 Å². The van der Waals surface area contributed by atoms with Gasteiger partial charge in [-0.1, -0.05) is 37.6 Å². The van der Waals surface area contributed by atoms with Gasteiger partial charge in [0.1, 0.15) is 0 Å². The van der Waals surface area contributed by atoms with E-state index in [9.17, 15) is 0 Å². The van der Waals surface area contributed by atoms with Crippen molar-refractivity contribution in [1.82, 2.24) is 5.32 Å². The van der Waals surface area contributed by atoms with E-state index >= 15 is 0 Å². The van der Waals surface area contributed by atoms with Crippen LogP contribution in [0.2, 0.25) is 5.02 Å². The van der Waals surface area contributed by atoms with E-state index in [0.717, 1.165) is 43.5 Å². The molecular formula is C17H27ClN2O. The number of morpholine rings is 1. The lowest BCUT2D eigenvalue weighted by Gasteiger charge is -2.40. The lowest BCUT2D eigenvalue weighted by atomic mass is 10.0. The Bertz CT molecular complexity index is 474. The third-order valence-electron chi connectivity index (χ3n) is 3.68. The van der Waals surface area contributed by atoms with Crippen LogP contribution in [0.3, 0.4) is 0 Å². The Balaban J connectivity index is 2.17. The van der Waals surface area contributed by atoms with Crippen LogP contribution in [0, 0.1) is 5.92 Å². The minimum Gasteiger partial charge on any atom is -0.372 e. The Labute approximate surface area is 133 Å². The molecule has 1 aromatic carbocycles. The van der Waals surface area contributed by atoms with Crippen LogP contribution in [-0.4, -0.2) is 31.8 Å². The maximum Gasteiger partial charge on any atom is 0.0801 e. The first kappa shape index (κ1) is 16.6. The van der Waals surface area contributed by atoms with E-state index in [4.69, 9.17) is 16.3 Å². The summed E-state index contributed by atoms with van der Waals surface area (Å²) in [6.45, 7) is 13.1. The topological polar surface area (TPSA) is 24.5 Å². The summed E-state index contributed by atoms with van der Waals surface area (Å²) in [5.41, 5.74) is 2.30. The van der Waals surface area contributed by atoms with Crippen molar-refractivity contribution in [3.05, 3.63) is 28.8 Å². The van der Waals surface area contributed by atoms with Crippen molar-refractivity contribution in [3.8, 4) is 0 Å². The fraction of sp³-hybridized carbons (Fsp3) is 0.647. The Morgan fingerprint density at radius 3 is 2.81 bits per heavy atom. The predicted octanol–water partition coefficient (Wildman–Crippen LogP) is 3.70. The van der Waals surface area contributed by atoms with E-state index in [1.165, 1.54) is 5.56 Å². The summed E-state index contributed by atoms with van der Waals surface area (Å²) in [7, 11) is 0. The van der Waals surface area contributed by atoms with Crippen LogP contribution in [-0.2, 0) is 11.3 Å². The summed E-state index contributed by atoms with van der Waals surface area (Å²) in [4.78, 5) is 2.36. The van der Waals surface area contributed by atoms with Gasteiger partial charge in [-0.15, -0.1) is 0 Å². The van der Waals surface area contributed by atoms with Gasteiger partial charge in [0, 0.05) is 19.6 Å². The Kier molecular flexibility index (Phi) is 5.53. The third-order valence-corrected chi connectivity index (χ3v) is 3.99. The van der Waals surface area contributed by atoms with E-state index < -0.39 is 0 Å². The molecule has 1 fully saturated rings. The molecule has 0 bridgehead atoms. The minimum absolute atomic E-state index is 0.125. The first-order valence-electron chi connectivity index (χ1n) is 7.76. The van der Waals surface area contributed by atoms with Gasteiger partial charge in [-0.2, -0.15) is 0 Å². The standard InChI is InChI=1S/C17H27ClN2O/c1-13(2)10-19-11-14-6-5-7-15(18)16(14)20-8-9-21-17(3,4)12-20/h5-7,13,19H,8-12H2,1-4H3. The smallest absolute Gasteiger partial charge is 0.0801 e. The van der Waals surface area contributed by atoms with Gasteiger partial charge in [-0.05, 0) is 37.9 Å². The molecule has 1 aliphatic heterocycles. The molecule has 3 nitrogen and oxygen atoms in total. The molecule has 0 aliphatic carbocycles. The van der Waals surface area contributed by atoms with Gasteiger partial charge >= 0.3 is 0 Å². The molecule has 0 radical (unpaired) electrons. The lowest BCUT2D eigenvalue weighted by molar-refractivity contribution is -0.0277. The molecule has 0 amide bonds. The minimum atomic E-state index is -0.125. The number of anilines is 1. The lowest BCUT2D eigenvalue weighted by Crippen LogP contribution is -2.48. The maximum absolute atomic E-state index is 6.49. The maximum atomic E-state index is 6.49. The van der Waals surface area contributed by atoms with Crippen molar-refractivity contribution in [2.45, 2.75) is 39.8 Å². The van der Waals surface area contributed by atoms with Crippen molar-refractivity contribution in [3.63, 3.8) is 0 Å². The molecule has 1 aliphatic rings. The van der Waals surface area contributed by atoms with E-state index in [0.29, 0.717) is 5.92 Å². The van der Waals surface area contributed by atoms with Gasteiger partial charge in [0.25, 0.3) is 0 Å². The van der Waals surface area contributed by atoms with Gasteiger partial charge in [0.2, 0.25) is 0 Å². The predicted molar refractivity (Wildman–Crippen MR) is 90.2 cm³/mol. The molecule has 1 N–H and O–H groups in total. The van der Waals surface area contributed by atoms with Crippen LogP contribution in [0.5, 0.6) is 0 Å². The number of hydrogen-bond donors (Lipinski definition) is 1. The molecule has 2 rings (SSSR count). The van der Waals surface area contributed by atoms with Gasteiger partial charge < -0.3 is 15.0 Å². The molecule has 0 aromatic heterocycles. The van der Waals surface area contributed by atoms with E-state index in [-0.39, 0.29) is 5.60 Å². The number of nitrogens with zero attached hydrogens (tertiary/aromatic N) is 1. The molecule has 4 heteroatoms. The Morgan fingerprint density at radius 1 is 1.38 bits per heavy atom. The fourth-order valence-electron chi connectivity index (χ4n) is 2.76. The van der Waals surface area contributed by atoms with Crippen LogP contribution >= 0.6 is 11.6 Å². The van der Waals surface area contributed by atoms with Crippen molar-refractivity contribution < 1.29 is 4.74 Å². The second-order valence-electron chi connectivity index (χ2n) is 6.80. The molecular weight excluding hydrogens is 284 g/mol. The molecule has 0 saturated carbocycles. The summed E-state index contributed by atoms with van der Waals surface area (Å²) in [6.07, 6.45) is 0. The summed E-state index contributed by atoms with van der Waals surface area (Å²) < 4.78 is 5.81. The normalized spacial score (nSPS) is 18.3. The van der Waals surface area contributed by atoms with Crippen LogP contribution < -0.4 is 10.2 Å². The van der Waals surface area contributed by atoms with Crippen molar-refractivity contribution in [1.29, 1.82) is 0 Å². The third kappa shape index (κ3) is 4.60. The molecule has 1 saturated heterocycles. The number of halogens is 1. The number of hydrogen-bond acceptors (Lipinski definition) is 3. The zero-order valence-corrected chi connectivity index (χ0v) is 14.3. The highest BCUT2D eigenvalue weighted by Crippen LogP contribution is 2.33. The molecule has 0 spiro atoms. The number of para-hydroxylation sites is 1. The molecule has 118 valence electrons. The number of ether oxygens (including phenoxy) is 1. The highest BCUT2D eigenvalue weighted by molar-refractivity contribution is 6.33. The highest BCUT2D eigenvalue weighted by Gasteiger charge is 2.29. The van der Waals surface area contributed by atoms with Crippen molar-refractivity contribution in [2.24, 2.45) is 5.92 Å². The summed E-state index contributed by atoms with van der Waals surface area (Å²) in [5, 5.41) is 4.34. The molecule has 21 heavy (non-hydrogen) atoms. The zero-order chi connectivity index (χ0) is 15.5. The zero-order valence-electron chi connectivity index (χ0n) is 13.6. The molecule has 0 atom stereocenters. The number of benzene rings is 1. The van der Waals surface area contributed by atoms with Crippen LogP contribution in [0.15, 0.2) is 18.2 Å². The molecule has 1 heterocycles. The number of nitrogens with one attached hydrogen (secondary N) is 1. The quantitative estimate of drug-likeness (QED) is 0.897. The first-order valence-corrected chi connectivity index (χ1v) is 8.14. The monoisotopic (exact) mass is 310 g/mol. The Hall–Kier alpha value is -0.770. The second kappa shape index (κ2) is 6.99. The average molecular weight is 311 g/mol. The van der Waals surface area contributed by atoms with Crippen LogP contribution in [0.25, 0.3) is 0 Å². The first-order chi connectivity index (χ1) is 9.89. The van der Waals surface area contributed by atoms with Gasteiger partial charge in [-0.25, -0.2) is 0 Å². The summed E-state index contributed by atoms with van der Waals surface area (Å²) in [5.74, 6) is 0.648. The molecule has 1 aromatic rings. The van der Waals surface area contributed by atoms with Crippen molar-refractivity contribution >= 4 is 17.3 Å². The van der Waals surface area contributed by atoms with E-state index in [1.54, 1.807) is 0 Å². The van der Waals surface area contributed by atoms with Gasteiger partial charge in [0.15, 0.2) is 0 Å². The van der Waals surface area contributed by atoms with E-state index in [2.05, 4.69) is 44.0 Å². The SMILES string of the molecule is CC(C)CNCc1cccc(Cl)c1N1CCOC(C)(C)C1. The van der Waals surface area contributed by atoms with Crippen LogP contribution in [0.1, 0.15) is 33.3 Å². The fourth-order valence-corrected chi connectivity index (χ4v) is 3.07. The second-order valence-corrected chi connectivity index (χ2v) is 7.21. The summed E-state index contributed by atoms with van der Waals surface area (Å²) >= 11 is 6.49. The Morgan fingerprint density at radius 2 is 2.14 bits per heavy atom. The van der Waals surface area contributed by atoms with Crippen LogP contribution in [0.4, 0.5) is 5.69 Å². The molecule has 0 unspecified atom stereocenters. The number of rotatable bonds is 5. The average Bonchev–Trinajstić information content (AvgIpc) is 2.37. The van der Waals surface area contributed by atoms with Gasteiger partial charge in [-0.3, -0.25) is 0 Å². The highest BCUT2D eigenvalue weighted by atomic mass is 35.5.